The summed E-state index contributed by atoms with van der Waals surface area (Å²) in [6, 6.07) is 0. The number of H-pyrrole nitrogens is 1. The van der Waals surface area contributed by atoms with Crippen LogP contribution in [0, 0.1) is 4.64 Å². The molecule has 0 bridgehead atoms. The van der Waals surface area contributed by atoms with Gasteiger partial charge in [0.05, 0.1) is 12.9 Å². The van der Waals surface area contributed by atoms with E-state index in [1.54, 1.807) is 0 Å². The van der Waals surface area contributed by atoms with E-state index in [0.29, 0.717) is 11.2 Å². The van der Waals surface area contributed by atoms with E-state index in [1.165, 1.54) is 10.9 Å². The summed E-state index contributed by atoms with van der Waals surface area (Å²) in [5, 5.41) is 20.2. The molecule has 3 rings (SSSR count). The minimum atomic E-state index is -4.73. The fourth-order valence-corrected chi connectivity index (χ4v) is 3.00. The zero-order valence-electron chi connectivity index (χ0n) is 15.9. The molecule has 1 fully saturated rings. The standard InChI is InChI=1S/C10H14N5O7PS.2Na.2H/c11-10-13-7-4(8(24)14-10)12-2-15(7)9-6(17)5(16)3(22-9)1-21-23(18,19)20;;;;/h2-3,5-6,9,16-17H,1H2,(H2,18,19,20)(H3,11,13,14,24);;;;/q;2*+1;2*-1. The van der Waals surface area contributed by atoms with E-state index in [1.807, 2.05) is 0 Å². The summed E-state index contributed by atoms with van der Waals surface area (Å²) in [6.45, 7) is -0.606. The topological polar surface area (TPSA) is 189 Å². The number of nitrogens with two attached hydrogens (primary N) is 1. The van der Waals surface area contributed by atoms with E-state index in [-0.39, 0.29) is 72.6 Å². The molecule has 0 radical (unpaired) electrons. The molecule has 0 aliphatic carbocycles. The monoisotopic (exact) mass is 427 g/mol. The number of imidazole rings is 1. The molecule has 16 heteroatoms. The minimum absolute atomic E-state index is 0. The summed E-state index contributed by atoms with van der Waals surface area (Å²) >= 11 is 5.04. The maximum absolute atomic E-state index is 10.8. The van der Waals surface area contributed by atoms with Gasteiger partial charge in [0.1, 0.15) is 29.5 Å². The Kier molecular flexibility index (Phi) is 8.87. The summed E-state index contributed by atoms with van der Waals surface area (Å²) < 4.78 is 22.0. The normalized spacial score (nSPS) is 25.7. The van der Waals surface area contributed by atoms with Crippen LogP contribution in [0.4, 0.5) is 5.95 Å². The molecule has 1 aliphatic heterocycles. The van der Waals surface area contributed by atoms with Crippen molar-refractivity contribution in [3.05, 3.63) is 11.0 Å². The molecule has 7 N–H and O–H groups in total. The molecule has 2 aromatic heterocycles. The first-order chi connectivity index (χ1) is 11.2. The number of hydrogen-bond donors (Lipinski definition) is 6. The van der Waals surface area contributed by atoms with Crippen LogP contribution in [0.1, 0.15) is 9.08 Å². The third-order valence-electron chi connectivity index (χ3n) is 3.48. The van der Waals surface area contributed by atoms with Crippen molar-refractivity contribution >= 4 is 37.2 Å². The number of ether oxygens (including phenoxy) is 1. The molecule has 4 atom stereocenters. The van der Waals surface area contributed by atoms with E-state index < -0.39 is 39.0 Å². The molecule has 0 saturated carbocycles. The second-order valence-electron chi connectivity index (χ2n) is 5.11. The number of aromatic amines is 1. The Labute approximate surface area is 198 Å². The van der Waals surface area contributed by atoms with Gasteiger partial charge >= 0.3 is 66.9 Å². The molecule has 4 unspecified atom stereocenters. The molecule has 0 amide bonds. The number of fused-ring (bicyclic) bond motifs is 1. The fraction of sp³-hybridized carbons (Fsp3) is 0.500. The maximum atomic E-state index is 10.8. The van der Waals surface area contributed by atoms with Gasteiger partial charge in [0.15, 0.2) is 16.8 Å². The minimum Gasteiger partial charge on any atom is -1.00 e. The Bertz CT molecular complexity index is 885. The predicted octanol–water partition coefficient (Wildman–Crippen LogP) is -6.97. The predicted molar refractivity (Wildman–Crippen MR) is 83.3 cm³/mol. The number of nitrogens with one attached hydrogen (secondary N) is 1. The number of nitrogens with zero attached hydrogens (tertiary/aromatic N) is 3. The summed E-state index contributed by atoms with van der Waals surface area (Å²) in [5.41, 5.74) is 6.24. The molecule has 12 nitrogen and oxygen atoms in total. The van der Waals surface area contributed by atoms with Gasteiger partial charge in [-0.05, 0) is 0 Å². The van der Waals surface area contributed by atoms with Crippen LogP contribution in [-0.4, -0.2) is 64.4 Å². The van der Waals surface area contributed by atoms with Crippen molar-refractivity contribution in [3.63, 3.8) is 0 Å². The van der Waals surface area contributed by atoms with Crippen LogP contribution in [0.2, 0.25) is 0 Å². The van der Waals surface area contributed by atoms with Gasteiger partial charge < -0.3 is 38.3 Å². The van der Waals surface area contributed by atoms with Crippen LogP contribution < -0.4 is 64.8 Å². The van der Waals surface area contributed by atoms with Crippen LogP contribution >= 0.6 is 20.0 Å². The SMILES string of the molecule is Nc1nc(=S)c2ncn(C3OC(COP(=O)(O)O)C(O)C3O)c2[nH]1.[H-].[H-].[Na+].[Na+]. The zero-order valence-corrected chi connectivity index (χ0v) is 19.6. The van der Waals surface area contributed by atoms with Gasteiger partial charge in [-0.25, -0.2) is 14.5 Å². The first-order valence-electron chi connectivity index (χ1n) is 6.61. The average Bonchev–Trinajstić information content (AvgIpc) is 3.00. The van der Waals surface area contributed by atoms with Gasteiger partial charge in [0.25, 0.3) is 0 Å². The smallest absolute Gasteiger partial charge is 1.00 e. The van der Waals surface area contributed by atoms with Crippen molar-refractivity contribution in [2.75, 3.05) is 12.3 Å². The average molecular weight is 427 g/mol. The number of hydrogen-bond acceptors (Lipinski definition) is 9. The number of aliphatic hydroxyl groups excluding tert-OH is 2. The van der Waals surface area contributed by atoms with Crippen molar-refractivity contribution in [1.82, 2.24) is 19.5 Å². The summed E-state index contributed by atoms with van der Waals surface area (Å²) in [6.07, 6.45) is -3.77. The molecule has 0 aromatic carbocycles. The zero-order chi connectivity index (χ0) is 17.6. The van der Waals surface area contributed by atoms with Gasteiger partial charge in [-0.3, -0.25) is 9.09 Å². The quantitative estimate of drug-likeness (QED) is 0.155. The van der Waals surface area contributed by atoms with Gasteiger partial charge in [-0.1, -0.05) is 12.2 Å². The van der Waals surface area contributed by atoms with Crippen molar-refractivity contribution in [1.29, 1.82) is 0 Å². The van der Waals surface area contributed by atoms with Gasteiger partial charge in [0.2, 0.25) is 0 Å². The van der Waals surface area contributed by atoms with Crippen molar-refractivity contribution in [2.45, 2.75) is 24.5 Å². The van der Waals surface area contributed by atoms with Crippen LogP contribution in [0.25, 0.3) is 11.2 Å². The molecule has 3 heterocycles. The van der Waals surface area contributed by atoms with Gasteiger partial charge in [0, 0.05) is 0 Å². The van der Waals surface area contributed by atoms with E-state index in [2.05, 4.69) is 19.5 Å². The van der Waals surface area contributed by atoms with E-state index in [4.69, 9.17) is 32.5 Å². The Morgan fingerprint density at radius 3 is 2.69 bits per heavy atom. The number of aliphatic hydroxyl groups is 2. The Balaban J connectivity index is 0. The van der Waals surface area contributed by atoms with Crippen LogP contribution in [0.15, 0.2) is 6.33 Å². The van der Waals surface area contributed by atoms with Crippen LogP contribution in [0.5, 0.6) is 0 Å². The van der Waals surface area contributed by atoms with E-state index in [0.717, 1.165) is 0 Å². The summed E-state index contributed by atoms with van der Waals surface area (Å²) in [5.74, 6) is 0.0312. The molecule has 0 spiro atoms. The van der Waals surface area contributed by atoms with Crippen molar-refractivity contribution < 1.29 is 95.8 Å². The fourth-order valence-electron chi connectivity index (χ4n) is 2.41. The largest absolute Gasteiger partial charge is 1.00 e. The summed E-state index contributed by atoms with van der Waals surface area (Å²) in [4.78, 5) is 28.1. The third kappa shape index (κ3) is 5.13. The number of nitrogen functional groups attached to an aromatic ring is 1. The van der Waals surface area contributed by atoms with Gasteiger partial charge in [-0.15, -0.1) is 0 Å². The first kappa shape index (κ1) is 24.6. The maximum Gasteiger partial charge on any atom is 1.00 e. The van der Waals surface area contributed by atoms with Crippen LogP contribution in [-0.2, 0) is 13.8 Å². The number of aromatic nitrogens is 4. The van der Waals surface area contributed by atoms with Crippen molar-refractivity contribution in [3.8, 4) is 0 Å². The third-order valence-corrected chi connectivity index (χ3v) is 4.25. The van der Waals surface area contributed by atoms with Crippen LogP contribution in [0.3, 0.4) is 0 Å². The molecule has 1 saturated heterocycles. The van der Waals surface area contributed by atoms with E-state index >= 15 is 0 Å². The second-order valence-corrected chi connectivity index (χ2v) is 6.73. The molecule has 1 aliphatic rings. The molecule has 2 aromatic rings. The number of anilines is 1. The number of phosphoric acid groups is 1. The Morgan fingerprint density at radius 2 is 2.08 bits per heavy atom. The Hall–Kier alpha value is 0.560. The molecule has 26 heavy (non-hydrogen) atoms. The second kappa shape index (κ2) is 9.37. The molecular weight excluding hydrogens is 411 g/mol. The number of phosphoric ester groups is 1. The summed E-state index contributed by atoms with van der Waals surface area (Å²) in [7, 11) is -4.73. The van der Waals surface area contributed by atoms with Gasteiger partial charge in [-0.2, -0.15) is 0 Å². The molecular formula is C10H16N5Na2O7PS. The number of rotatable bonds is 4. The molecule has 136 valence electrons. The van der Waals surface area contributed by atoms with E-state index in [9.17, 15) is 14.8 Å². The van der Waals surface area contributed by atoms with Crippen molar-refractivity contribution in [2.24, 2.45) is 0 Å². The first-order valence-corrected chi connectivity index (χ1v) is 8.55. The Morgan fingerprint density at radius 1 is 1.42 bits per heavy atom.